The number of amides is 1. The van der Waals surface area contributed by atoms with Crippen molar-refractivity contribution in [2.24, 2.45) is 5.92 Å². The molecule has 166 valence electrons. The van der Waals surface area contributed by atoms with Crippen LogP contribution < -0.4 is 16.0 Å². The predicted molar refractivity (Wildman–Crippen MR) is 116 cm³/mol. The van der Waals surface area contributed by atoms with Crippen molar-refractivity contribution in [2.75, 3.05) is 13.1 Å². The van der Waals surface area contributed by atoms with Crippen LogP contribution in [-0.2, 0) is 27.6 Å². The second-order valence-electron chi connectivity index (χ2n) is 8.29. The van der Waals surface area contributed by atoms with Gasteiger partial charge in [-0.05, 0) is 73.7 Å². The lowest BCUT2D eigenvalue weighted by molar-refractivity contribution is -0.123. The van der Waals surface area contributed by atoms with Crippen molar-refractivity contribution in [1.29, 1.82) is 0 Å². The highest BCUT2D eigenvalue weighted by atomic mass is 32.2. The van der Waals surface area contributed by atoms with E-state index in [-0.39, 0.29) is 21.7 Å². The maximum Gasteiger partial charge on any atom is 0.237 e. The fourth-order valence-corrected chi connectivity index (χ4v) is 6.07. The zero-order chi connectivity index (χ0) is 22.0. The minimum Gasteiger partial charge on any atom is -0.351 e. The molecule has 31 heavy (non-hydrogen) atoms. The number of carbonyl (C=O) groups is 1. The Kier molecular flexibility index (Phi) is 6.41. The summed E-state index contributed by atoms with van der Waals surface area (Å²) in [5.74, 6) is -0.116. The van der Waals surface area contributed by atoms with Gasteiger partial charge in [0.1, 0.15) is 5.82 Å². The van der Waals surface area contributed by atoms with E-state index in [1.165, 1.54) is 24.3 Å². The minimum absolute atomic E-state index is 0.000632. The van der Waals surface area contributed by atoms with Crippen LogP contribution in [-0.4, -0.2) is 39.5 Å². The Labute approximate surface area is 182 Å². The van der Waals surface area contributed by atoms with Crippen molar-refractivity contribution < 1.29 is 17.6 Å². The van der Waals surface area contributed by atoms with Gasteiger partial charge in [0.2, 0.25) is 15.7 Å². The quantitative estimate of drug-likeness (QED) is 0.635. The molecular weight excluding hydrogens is 417 g/mol. The molecule has 2 fully saturated rings. The summed E-state index contributed by atoms with van der Waals surface area (Å²) >= 11 is 0. The van der Waals surface area contributed by atoms with E-state index in [9.17, 15) is 17.6 Å². The molecule has 2 aromatic rings. The number of rotatable bonds is 6. The van der Waals surface area contributed by atoms with Gasteiger partial charge in [-0.25, -0.2) is 12.8 Å². The molecule has 3 N–H and O–H groups in total. The van der Waals surface area contributed by atoms with E-state index in [0.717, 1.165) is 37.6 Å². The highest BCUT2D eigenvalue weighted by molar-refractivity contribution is 7.91. The third-order valence-electron chi connectivity index (χ3n) is 6.28. The summed E-state index contributed by atoms with van der Waals surface area (Å²) in [6, 6.07) is 10.5. The SMILES string of the molecule is CCc1ccc(F)cc1S(=O)(=O)c1ccc(CNC(=O)C2CC3CNCCC3N2)cc1. The molecule has 6 nitrogen and oxygen atoms in total. The molecule has 2 saturated heterocycles. The number of nitrogens with one attached hydrogen (secondary N) is 3. The number of benzene rings is 2. The lowest BCUT2D eigenvalue weighted by Gasteiger charge is -2.25. The van der Waals surface area contributed by atoms with Gasteiger partial charge in [-0.3, -0.25) is 4.79 Å². The summed E-state index contributed by atoms with van der Waals surface area (Å²) in [6.07, 6.45) is 2.36. The molecule has 0 radical (unpaired) electrons. The number of piperidine rings is 1. The van der Waals surface area contributed by atoms with Gasteiger partial charge in [0.25, 0.3) is 0 Å². The Morgan fingerprint density at radius 1 is 1.19 bits per heavy atom. The van der Waals surface area contributed by atoms with Gasteiger partial charge >= 0.3 is 0 Å². The molecule has 0 aromatic heterocycles. The number of hydrogen-bond acceptors (Lipinski definition) is 5. The third-order valence-corrected chi connectivity index (χ3v) is 8.13. The lowest BCUT2D eigenvalue weighted by Crippen LogP contribution is -2.45. The highest BCUT2D eigenvalue weighted by Gasteiger charge is 2.38. The molecule has 2 aliphatic rings. The average Bonchev–Trinajstić information content (AvgIpc) is 3.22. The Morgan fingerprint density at radius 2 is 1.97 bits per heavy atom. The molecule has 0 spiro atoms. The topological polar surface area (TPSA) is 87.3 Å². The molecule has 1 amide bonds. The number of fused-ring (bicyclic) bond motifs is 1. The number of aryl methyl sites for hydroxylation is 1. The molecule has 4 rings (SSSR count). The van der Waals surface area contributed by atoms with Crippen LogP contribution in [0.15, 0.2) is 52.3 Å². The van der Waals surface area contributed by atoms with Crippen molar-refractivity contribution in [3.05, 3.63) is 59.4 Å². The normalized spacial score (nSPS) is 23.4. The number of hydrogen-bond donors (Lipinski definition) is 3. The Morgan fingerprint density at radius 3 is 2.68 bits per heavy atom. The number of halogens is 1. The molecule has 3 atom stereocenters. The molecule has 0 saturated carbocycles. The zero-order valence-electron chi connectivity index (χ0n) is 17.5. The molecule has 2 aromatic carbocycles. The first-order valence-electron chi connectivity index (χ1n) is 10.8. The Balaban J connectivity index is 1.40. The second-order valence-corrected chi connectivity index (χ2v) is 10.2. The first kappa shape index (κ1) is 21.9. The van der Waals surface area contributed by atoms with Gasteiger partial charge in [-0.1, -0.05) is 25.1 Å². The zero-order valence-corrected chi connectivity index (χ0v) is 18.3. The van der Waals surface area contributed by atoms with Gasteiger partial charge in [0.15, 0.2) is 0 Å². The Bertz CT molecular complexity index is 1040. The fraction of sp³-hybridized carbons (Fsp3) is 0.435. The van der Waals surface area contributed by atoms with Gasteiger partial charge in [0.05, 0.1) is 15.8 Å². The fourth-order valence-electron chi connectivity index (χ4n) is 4.50. The van der Waals surface area contributed by atoms with Crippen molar-refractivity contribution in [3.8, 4) is 0 Å². The molecule has 0 bridgehead atoms. The summed E-state index contributed by atoms with van der Waals surface area (Å²) in [4.78, 5) is 12.7. The van der Waals surface area contributed by atoms with E-state index < -0.39 is 15.7 Å². The summed E-state index contributed by atoms with van der Waals surface area (Å²) in [5.41, 5.74) is 1.39. The molecule has 0 aliphatic carbocycles. The van der Waals surface area contributed by atoms with Crippen molar-refractivity contribution >= 4 is 15.7 Å². The van der Waals surface area contributed by atoms with Crippen LogP contribution in [0.4, 0.5) is 4.39 Å². The monoisotopic (exact) mass is 445 g/mol. The van der Waals surface area contributed by atoms with E-state index in [0.29, 0.717) is 30.5 Å². The van der Waals surface area contributed by atoms with Crippen LogP contribution in [0.1, 0.15) is 30.9 Å². The van der Waals surface area contributed by atoms with Gasteiger partial charge in [0, 0.05) is 12.6 Å². The number of carbonyl (C=O) groups excluding carboxylic acids is 1. The van der Waals surface area contributed by atoms with Crippen LogP contribution >= 0.6 is 0 Å². The third kappa shape index (κ3) is 4.66. The number of sulfone groups is 1. The molecule has 2 aliphatic heterocycles. The van der Waals surface area contributed by atoms with E-state index in [4.69, 9.17) is 0 Å². The van der Waals surface area contributed by atoms with Gasteiger partial charge in [-0.2, -0.15) is 0 Å². The summed E-state index contributed by atoms with van der Waals surface area (Å²) in [6.45, 7) is 4.09. The van der Waals surface area contributed by atoms with E-state index in [2.05, 4.69) is 16.0 Å². The molecule has 2 heterocycles. The Hall–Kier alpha value is -2.29. The van der Waals surface area contributed by atoms with E-state index in [1.54, 1.807) is 12.1 Å². The first-order chi connectivity index (χ1) is 14.9. The van der Waals surface area contributed by atoms with Crippen molar-refractivity contribution in [1.82, 2.24) is 16.0 Å². The first-order valence-corrected chi connectivity index (χ1v) is 12.2. The summed E-state index contributed by atoms with van der Waals surface area (Å²) in [7, 11) is -3.82. The predicted octanol–water partition coefficient (Wildman–Crippen LogP) is 2.18. The van der Waals surface area contributed by atoms with Crippen molar-refractivity contribution in [3.63, 3.8) is 0 Å². The second kappa shape index (κ2) is 9.06. The minimum atomic E-state index is -3.82. The molecule has 3 unspecified atom stereocenters. The standard InChI is InChI=1S/C23H28FN3O3S/c1-2-16-5-6-18(24)12-22(16)31(29,30)19-7-3-15(4-8-19)13-26-23(28)21-11-17-14-25-10-9-20(17)27-21/h3-8,12,17,20-21,25,27H,2,9-11,13-14H2,1H3,(H,26,28). The smallest absolute Gasteiger partial charge is 0.237 e. The van der Waals surface area contributed by atoms with Crippen LogP contribution in [0.25, 0.3) is 0 Å². The van der Waals surface area contributed by atoms with Crippen LogP contribution in [0.2, 0.25) is 0 Å². The molecule has 8 heteroatoms. The van der Waals surface area contributed by atoms with Crippen LogP contribution in [0.3, 0.4) is 0 Å². The average molecular weight is 446 g/mol. The van der Waals surface area contributed by atoms with Crippen molar-refractivity contribution in [2.45, 2.75) is 54.6 Å². The van der Waals surface area contributed by atoms with E-state index >= 15 is 0 Å². The van der Waals surface area contributed by atoms with Crippen LogP contribution in [0, 0.1) is 11.7 Å². The lowest BCUT2D eigenvalue weighted by atomic mass is 9.94. The van der Waals surface area contributed by atoms with Crippen LogP contribution in [0.5, 0.6) is 0 Å². The maximum absolute atomic E-state index is 13.7. The maximum atomic E-state index is 13.7. The summed E-state index contributed by atoms with van der Waals surface area (Å²) < 4.78 is 39.7. The highest BCUT2D eigenvalue weighted by Crippen LogP contribution is 2.26. The van der Waals surface area contributed by atoms with Gasteiger partial charge < -0.3 is 16.0 Å². The van der Waals surface area contributed by atoms with Gasteiger partial charge in [-0.15, -0.1) is 0 Å². The summed E-state index contributed by atoms with van der Waals surface area (Å²) in [5, 5.41) is 9.75. The molecular formula is C23H28FN3O3S. The van der Waals surface area contributed by atoms with E-state index in [1.807, 2.05) is 6.92 Å². The largest absolute Gasteiger partial charge is 0.351 e.